The molecule has 0 spiro atoms. The third-order valence-electron chi connectivity index (χ3n) is 2.22. The van der Waals surface area contributed by atoms with Crippen molar-refractivity contribution in [2.45, 2.75) is 45.8 Å². The van der Waals surface area contributed by atoms with Crippen molar-refractivity contribution in [2.24, 2.45) is 11.1 Å². The average Bonchev–Trinajstić information content (AvgIpc) is 1.83. The highest BCUT2D eigenvalue weighted by atomic mass is 16.5. The van der Waals surface area contributed by atoms with Crippen LogP contribution in [0.25, 0.3) is 0 Å². The summed E-state index contributed by atoms with van der Waals surface area (Å²) in [6.45, 7) is 5.98. The Labute approximate surface area is 73.3 Å². The Hall–Kier alpha value is -0.570. The van der Waals surface area contributed by atoms with Crippen LogP contribution in [-0.2, 0) is 9.53 Å². The van der Waals surface area contributed by atoms with Crippen molar-refractivity contribution in [3.63, 3.8) is 0 Å². The topological polar surface area (TPSA) is 52.3 Å². The first kappa shape index (κ1) is 9.52. The van der Waals surface area contributed by atoms with Crippen molar-refractivity contribution in [2.75, 3.05) is 0 Å². The van der Waals surface area contributed by atoms with Crippen LogP contribution in [0.3, 0.4) is 0 Å². The molecule has 0 aliphatic heterocycles. The fourth-order valence-corrected chi connectivity index (χ4v) is 1.53. The molecule has 0 bridgehead atoms. The minimum atomic E-state index is -0.492. The first-order chi connectivity index (χ1) is 5.41. The average molecular weight is 171 g/mol. The number of carbonyl (C=O) groups excluding carboxylic acids is 1. The minimum absolute atomic E-state index is 0.110. The Kier molecular flexibility index (Phi) is 2.42. The van der Waals surface area contributed by atoms with E-state index in [9.17, 15) is 4.79 Å². The van der Waals surface area contributed by atoms with Crippen LogP contribution in [0.1, 0.15) is 33.6 Å². The van der Waals surface area contributed by atoms with Gasteiger partial charge in [-0.25, -0.2) is 0 Å². The van der Waals surface area contributed by atoms with Gasteiger partial charge in [-0.2, -0.15) is 0 Å². The number of nitrogens with two attached hydrogens (primary N) is 1. The molecule has 2 N–H and O–H groups in total. The van der Waals surface area contributed by atoms with Gasteiger partial charge in [-0.15, -0.1) is 0 Å². The summed E-state index contributed by atoms with van der Waals surface area (Å²) < 4.78 is 5.12. The number of hydrogen-bond donors (Lipinski definition) is 1. The fourth-order valence-electron chi connectivity index (χ4n) is 1.53. The van der Waals surface area contributed by atoms with E-state index in [0.717, 1.165) is 12.8 Å². The summed E-state index contributed by atoms with van der Waals surface area (Å²) in [7, 11) is 0. The zero-order valence-corrected chi connectivity index (χ0v) is 7.96. The zero-order valence-electron chi connectivity index (χ0n) is 7.96. The van der Waals surface area contributed by atoms with E-state index in [1.54, 1.807) is 6.92 Å². The first-order valence-corrected chi connectivity index (χ1v) is 4.37. The molecule has 0 aromatic rings. The summed E-state index contributed by atoms with van der Waals surface area (Å²) in [6, 6.07) is -0.492. The van der Waals surface area contributed by atoms with Gasteiger partial charge in [-0.05, 0) is 25.2 Å². The minimum Gasteiger partial charge on any atom is -0.461 e. The summed E-state index contributed by atoms with van der Waals surface area (Å²) in [5, 5.41) is 0. The quantitative estimate of drug-likeness (QED) is 0.632. The summed E-state index contributed by atoms with van der Waals surface area (Å²) in [5.74, 6) is -0.282. The van der Waals surface area contributed by atoms with Crippen LogP contribution in [0.15, 0.2) is 0 Å². The molecule has 1 fully saturated rings. The van der Waals surface area contributed by atoms with Crippen LogP contribution in [0.5, 0.6) is 0 Å². The number of rotatable bonds is 2. The molecule has 1 aliphatic rings. The van der Waals surface area contributed by atoms with Gasteiger partial charge in [-0.1, -0.05) is 13.8 Å². The number of ether oxygens (including phenoxy) is 1. The molecule has 1 rings (SSSR count). The summed E-state index contributed by atoms with van der Waals surface area (Å²) in [4.78, 5) is 11.0. The monoisotopic (exact) mass is 171 g/mol. The van der Waals surface area contributed by atoms with Gasteiger partial charge in [-0.3, -0.25) is 4.79 Å². The van der Waals surface area contributed by atoms with E-state index in [0.29, 0.717) is 5.41 Å². The molecular weight excluding hydrogens is 154 g/mol. The Balaban J connectivity index is 2.23. The molecule has 0 saturated heterocycles. The van der Waals surface area contributed by atoms with Crippen LogP contribution >= 0.6 is 0 Å². The normalized spacial score (nSPS) is 24.3. The van der Waals surface area contributed by atoms with Crippen molar-refractivity contribution < 1.29 is 9.53 Å². The van der Waals surface area contributed by atoms with Crippen molar-refractivity contribution in [1.29, 1.82) is 0 Å². The molecule has 3 nitrogen and oxygen atoms in total. The summed E-state index contributed by atoms with van der Waals surface area (Å²) in [5.41, 5.74) is 5.71. The van der Waals surface area contributed by atoms with Gasteiger partial charge in [0, 0.05) is 0 Å². The Morgan fingerprint density at radius 2 is 2.08 bits per heavy atom. The van der Waals surface area contributed by atoms with Gasteiger partial charge >= 0.3 is 5.97 Å². The molecule has 0 aromatic heterocycles. The number of carbonyl (C=O) groups is 1. The lowest BCUT2D eigenvalue weighted by atomic mass is 9.70. The molecule has 0 amide bonds. The molecule has 1 aliphatic carbocycles. The number of esters is 1. The van der Waals surface area contributed by atoms with E-state index < -0.39 is 6.04 Å². The van der Waals surface area contributed by atoms with Gasteiger partial charge in [0.15, 0.2) is 0 Å². The third-order valence-corrected chi connectivity index (χ3v) is 2.22. The molecular formula is C9H17NO2. The molecule has 12 heavy (non-hydrogen) atoms. The largest absolute Gasteiger partial charge is 0.461 e. The van der Waals surface area contributed by atoms with Crippen molar-refractivity contribution >= 4 is 5.97 Å². The molecule has 3 heteroatoms. The van der Waals surface area contributed by atoms with Crippen molar-refractivity contribution in [3.05, 3.63) is 0 Å². The second kappa shape index (κ2) is 3.05. The highest BCUT2D eigenvalue weighted by Gasteiger charge is 2.38. The smallest absolute Gasteiger partial charge is 0.322 e. The third kappa shape index (κ3) is 2.21. The van der Waals surface area contributed by atoms with E-state index in [1.807, 2.05) is 0 Å². The number of hydrogen-bond acceptors (Lipinski definition) is 3. The second-order valence-electron chi connectivity index (χ2n) is 4.42. The van der Waals surface area contributed by atoms with Crippen molar-refractivity contribution in [3.8, 4) is 0 Å². The second-order valence-corrected chi connectivity index (χ2v) is 4.42. The Morgan fingerprint density at radius 3 is 2.42 bits per heavy atom. The molecule has 1 saturated carbocycles. The van der Waals surface area contributed by atoms with E-state index >= 15 is 0 Å². The van der Waals surface area contributed by atoms with E-state index in [-0.39, 0.29) is 12.1 Å². The van der Waals surface area contributed by atoms with Gasteiger partial charge in [0.2, 0.25) is 0 Å². The van der Waals surface area contributed by atoms with E-state index in [4.69, 9.17) is 10.5 Å². The molecule has 70 valence electrons. The first-order valence-electron chi connectivity index (χ1n) is 4.37. The maximum Gasteiger partial charge on any atom is 0.322 e. The van der Waals surface area contributed by atoms with Crippen molar-refractivity contribution in [1.82, 2.24) is 0 Å². The maximum atomic E-state index is 11.0. The molecule has 1 atom stereocenters. The van der Waals surface area contributed by atoms with Gasteiger partial charge in [0.25, 0.3) is 0 Å². The SMILES string of the molecule is C[C@H](N)C(=O)OC1CC(C)(C)C1. The van der Waals surface area contributed by atoms with Crippen LogP contribution < -0.4 is 5.73 Å². The summed E-state index contributed by atoms with van der Waals surface area (Å²) >= 11 is 0. The molecule has 0 heterocycles. The zero-order chi connectivity index (χ0) is 9.35. The predicted molar refractivity (Wildman–Crippen MR) is 46.5 cm³/mol. The van der Waals surface area contributed by atoms with E-state index in [1.165, 1.54) is 0 Å². The highest BCUT2D eigenvalue weighted by Crippen LogP contribution is 2.41. The molecule has 0 aromatic carbocycles. The Bertz CT molecular complexity index is 179. The van der Waals surface area contributed by atoms with Crippen LogP contribution in [-0.4, -0.2) is 18.1 Å². The molecule has 0 unspecified atom stereocenters. The Morgan fingerprint density at radius 1 is 1.58 bits per heavy atom. The van der Waals surface area contributed by atoms with Gasteiger partial charge in [0.1, 0.15) is 12.1 Å². The van der Waals surface area contributed by atoms with Gasteiger partial charge < -0.3 is 10.5 Å². The maximum absolute atomic E-state index is 11.0. The van der Waals surface area contributed by atoms with Crippen LogP contribution in [0.2, 0.25) is 0 Å². The lowest BCUT2D eigenvalue weighted by Crippen LogP contribution is -2.42. The lowest BCUT2D eigenvalue weighted by molar-refractivity contribution is -0.160. The van der Waals surface area contributed by atoms with E-state index in [2.05, 4.69) is 13.8 Å². The standard InChI is InChI=1S/C9H17NO2/c1-6(10)8(11)12-7-4-9(2,3)5-7/h6-7H,4-5,10H2,1-3H3/t6-/m0/s1. The fraction of sp³-hybridized carbons (Fsp3) is 0.889. The van der Waals surface area contributed by atoms with Crippen LogP contribution in [0, 0.1) is 5.41 Å². The summed E-state index contributed by atoms with van der Waals surface area (Å²) in [6.07, 6.45) is 2.04. The molecule has 0 radical (unpaired) electrons. The highest BCUT2D eigenvalue weighted by molar-refractivity contribution is 5.75. The predicted octanol–water partition coefficient (Wildman–Crippen LogP) is 1.07. The van der Waals surface area contributed by atoms with Crippen LogP contribution in [0.4, 0.5) is 0 Å². The lowest BCUT2D eigenvalue weighted by Gasteiger charge is -2.41. The van der Waals surface area contributed by atoms with Gasteiger partial charge in [0.05, 0.1) is 0 Å².